The van der Waals surface area contributed by atoms with Crippen LogP contribution >= 0.6 is 0 Å². The lowest BCUT2D eigenvalue weighted by molar-refractivity contribution is -0.142. The van der Waals surface area contributed by atoms with E-state index < -0.39 is 53.8 Å². The Morgan fingerprint density at radius 3 is 2.20 bits per heavy atom. The molecule has 1 aromatic heterocycles. The van der Waals surface area contributed by atoms with E-state index in [1.165, 1.54) is 0 Å². The minimum atomic E-state index is -1.40. The molecule has 11 N–H and O–H groups in total. The van der Waals surface area contributed by atoms with E-state index in [1.807, 2.05) is 38.1 Å². The zero-order valence-corrected chi connectivity index (χ0v) is 23.7. The van der Waals surface area contributed by atoms with Crippen molar-refractivity contribution in [2.45, 2.75) is 83.0 Å². The summed E-state index contributed by atoms with van der Waals surface area (Å²) in [5.74, 6) is -4.03. The largest absolute Gasteiger partial charge is 0.480 e. The van der Waals surface area contributed by atoms with Gasteiger partial charge in [0.2, 0.25) is 23.6 Å². The van der Waals surface area contributed by atoms with Crippen LogP contribution in [0.2, 0.25) is 0 Å². The fourth-order valence-electron chi connectivity index (χ4n) is 4.36. The highest BCUT2D eigenvalue weighted by atomic mass is 16.4. The number of hydrogen-bond acceptors (Lipinski definition) is 7. The van der Waals surface area contributed by atoms with Crippen LogP contribution in [0.3, 0.4) is 0 Å². The van der Waals surface area contributed by atoms with Gasteiger partial charge in [0, 0.05) is 29.9 Å². The number of primary amides is 1. The van der Waals surface area contributed by atoms with Crippen LogP contribution in [0.1, 0.15) is 57.9 Å². The number of amides is 4. The molecule has 0 aliphatic heterocycles. The number of carboxylic acid groups (broad SMARTS) is 1. The Morgan fingerprint density at radius 2 is 1.56 bits per heavy atom. The number of unbranched alkanes of at least 4 members (excludes halogenated alkanes) is 1. The number of H-pyrrole nitrogens is 1. The van der Waals surface area contributed by atoms with E-state index in [2.05, 4.69) is 20.9 Å². The van der Waals surface area contributed by atoms with Gasteiger partial charge in [0.15, 0.2) is 0 Å². The first-order valence-corrected chi connectivity index (χ1v) is 13.9. The smallest absolute Gasteiger partial charge is 0.326 e. The lowest BCUT2D eigenvalue weighted by Gasteiger charge is -2.26. The number of benzene rings is 1. The highest BCUT2D eigenvalue weighted by Gasteiger charge is 2.31. The molecular weight excluding hydrogens is 530 g/mol. The van der Waals surface area contributed by atoms with Gasteiger partial charge in [-0.15, -0.1) is 0 Å². The van der Waals surface area contributed by atoms with E-state index in [-0.39, 0.29) is 31.6 Å². The van der Waals surface area contributed by atoms with E-state index in [4.69, 9.17) is 17.2 Å². The molecule has 0 aliphatic rings. The number of rotatable bonds is 18. The van der Waals surface area contributed by atoms with E-state index in [0.717, 1.165) is 10.9 Å². The number of fused-ring (bicyclic) bond motifs is 1. The number of nitrogens with two attached hydrogens (primary N) is 3. The molecule has 0 bridgehead atoms. The molecule has 0 spiro atoms. The van der Waals surface area contributed by atoms with E-state index >= 15 is 0 Å². The molecule has 0 aliphatic carbocycles. The Hall–Kier alpha value is -3.97. The second-order valence-corrected chi connectivity index (χ2v) is 10.3. The molecule has 1 heterocycles. The molecule has 0 saturated heterocycles. The highest BCUT2D eigenvalue weighted by Crippen LogP contribution is 2.19. The topological polar surface area (TPSA) is 236 Å². The number of carbonyl (C=O) groups excluding carboxylic acids is 4. The summed E-state index contributed by atoms with van der Waals surface area (Å²) in [6.07, 6.45) is 3.38. The van der Waals surface area contributed by atoms with Crippen LogP contribution in [0, 0.1) is 5.92 Å². The van der Waals surface area contributed by atoms with Crippen LogP contribution in [0.5, 0.6) is 0 Å². The normalized spacial score (nSPS) is 14.8. The van der Waals surface area contributed by atoms with Crippen molar-refractivity contribution >= 4 is 40.5 Å². The average Bonchev–Trinajstić information content (AvgIpc) is 3.35. The van der Waals surface area contributed by atoms with Crippen LogP contribution in [0.15, 0.2) is 30.5 Å². The van der Waals surface area contributed by atoms with Crippen molar-refractivity contribution in [3.63, 3.8) is 0 Å². The van der Waals surface area contributed by atoms with E-state index in [1.54, 1.807) is 6.20 Å². The molecule has 0 saturated carbocycles. The van der Waals surface area contributed by atoms with Crippen LogP contribution in [-0.4, -0.2) is 70.4 Å². The molecule has 0 fully saturated rings. The number of para-hydroxylation sites is 1. The first kappa shape index (κ1) is 33.2. The summed E-state index contributed by atoms with van der Waals surface area (Å²) in [6.45, 7) is 4.15. The third kappa shape index (κ3) is 10.2. The fourth-order valence-corrected chi connectivity index (χ4v) is 4.36. The summed E-state index contributed by atoms with van der Waals surface area (Å²) in [5.41, 5.74) is 18.4. The third-order valence-corrected chi connectivity index (χ3v) is 7.17. The van der Waals surface area contributed by atoms with Gasteiger partial charge in [0.25, 0.3) is 0 Å². The predicted octanol–water partition coefficient (Wildman–Crippen LogP) is 0.0173. The minimum absolute atomic E-state index is 0.0274. The van der Waals surface area contributed by atoms with Crippen LogP contribution in [-0.2, 0) is 30.4 Å². The minimum Gasteiger partial charge on any atom is -0.480 e. The van der Waals surface area contributed by atoms with Gasteiger partial charge < -0.3 is 43.2 Å². The molecule has 5 unspecified atom stereocenters. The number of aromatic nitrogens is 1. The lowest BCUT2D eigenvalue weighted by atomic mass is 9.98. The Bertz CT molecular complexity index is 1200. The summed E-state index contributed by atoms with van der Waals surface area (Å²) < 4.78 is 0. The second kappa shape index (κ2) is 16.3. The zero-order chi connectivity index (χ0) is 30.5. The molecule has 1 aromatic carbocycles. The molecule has 2 rings (SSSR count). The number of carbonyl (C=O) groups is 5. The van der Waals surface area contributed by atoms with Gasteiger partial charge in [-0.3, -0.25) is 19.2 Å². The van der Waals surface area contributed by atoms with Gasteiger partial charge in [0.1, 0.15) is 18.1 Å². The maximum Gasteiger partial charge on any atom is 0.326 e. The fraction of sp³-hybridized carbons (Fsp3) is 0.536. The summed E-state index contributed by atoms with van der Waals surface area (Å²) in [5, 5.41) is 18.3. The third-order valence-electron chi connectivity index (χ3n) is 7.17. The molecule has 41 heavy (non-hydrogen) atoms. The maximum absolute atomic E-state index is 13.5. The van der Waals surface area contributed by atoms with E-state index in [9.17, 15) is 29.1 Å². The maximum atomic E-state index is 13.5. The molecular formula is C28H43N7O6. The van der Waals surface area contributed by atoms with Crippen molar-refractivity contribution in [3.05, 3.63) is 36.0 Å². The van der Waals surface area contributed by atoms with Crippen LogP contribution < -0.4 is 33.2 Å². The van der Waals surface area contributed by atoms with Crippen molar-refractivity contribution in [2.75, 3.05) is 6.54 Å². The lowest BCUT2D eigenvalue weighted by Crippen LogP contribution is -2.58. The number of aliphatic carboxylic acids is 1. The van der Waals surface area contributed by atoms with Crippen LogP contribution in [0.25, 0.3) is 10.9 Å². The second-order valence-electron chi connectivity index (χ2n) is 10.3. The predicted molar refractivity (Wildman–Crippen MR) is 154 cm³/mol. The zero-order valence-electron chi connectivity index (χ0n) is 23.7. The number of nitrogens with one attached hydrogen (secondary N) is 4. The molecule has 0 radical (unpaired) electrons. The van der Waals surface area contributed by atoms with Gasteiger partial charge in [-0.2, -0.15) is 0 Å². The monoisotopic (exact) mass is 573 g/mol. The summed E-state index contributed by atoms with van der Waals surface area (Å²) in [6, 6.07) is 2.99. The SMILES string of the molecule is CCC(C)C(N)C(=O)NC(CCCCN)C(=O)NC(Cc1c[nH]c2ccccc12)C(=O)NC(CCC(N)=O)C(=O)O. The van der Waals surface area contributed by atoms with Gasteiger partial charge in [0.05, 0.1) is 6.04 Å². The Kier molecular flexibility index (Phi) is 13.2. The first-order valence-electron chi connectivity index (χ1n) is 13.9. The Balaban J connectivity index is 2.32. The average molecular weight is 574 g/mol. The van der Waals surface area contributed by atoms with Crippen molar-refractivity contribution in [1.29, 1.82) is 0 Å². The molecule has 13 heteroatoms. The van der Waals surface area contributed by atoms with Crippen molar-refractivity contribution in [1.82, 2.24) is 20.9 Å². The first-order chi connectivity index (χ1) is 19.5. The van der Waals surface area contributed by atoms with Crippen molar-refractivity contribution < 1.29 is 29.1 Å². The van der Waals surface area contributed by atoms with E-state index in [0.29, 0.717) is 31.4 Å². The molecule has 5 atom stereocenters. The van der Waals surface area contributed by atoms with Gasteiger partial charge >= 0.3 is 5.97 Å². The summed E-state index contributed by atoms with van der Waals surface area (Å²) >= 11 is 0. The summed E-state index contributed by atoms with van der Waals surface area (Å²) in [7, 11) is 0. The Morgan fingerprint density at radius 1 is 0.927 bits per heavy atom. The number of aromatic amines is 1. The van der Waals surface area contributed by atoms with Crippen molar-refractivity contribution in [3.8, 4) is 0 Å². The van der Waals surface area contributed by atoms with Crippen molar-refractivity contribution in [2.24, 2.45) is 23.1 Å². The highest BCUT2D eigenvalue weighted by molar-refractivity contribution is 5.95. The summed E-state index contributed by atoms with van der Waals surface area (Å²) in [4.78, 5) is 65.9. The number of carboxylic acids is 1. The Labute approximate surface area is 239 Å². The molecule has 13 nitrogen and oxygen atoms in total. The molecule has 2 aromatic rings. The van der Waals surface area contributed by atoms with Gasteiger partial charge in [-0.25, -0.2) is 4.79 Å². The number of hydrogen-bond donors (Lipinski definition) is 8. The molecule has 226 valence electrons. The quantitative estimate of drug-likeness (QED) is 0.113. The van der Waals surface area contributed by atoms with Crippen LogP contribution in [0.4, 0.5) is 0 Å². The van der Waals surface area contributed by atoms with Gasteiger partial charge in [-0.05, 0) is 49.8 Å². The standard InChI is InChI=1S/C28H43N7O6/c1-3-16(2)24(31)27(39)33-20(10-6-7-13-29)25(37)35-22(14-17-15-32-19-9-5-4-8-18(17)19)26(38)34-21(28(40)41)11-12-23(30)36/h4-5,8-9,15-16,20-22,24,32H,3,6-7,10-14,29,31H2,1-2H3,(H2,30,36)(H,33,39)(H,34,38)(H,35,37)(H,40,41). The van der Waals surface area contributed by atoms with Gasteiger partial charge in [-0.1, -0.05) is 38.5 Å². The molecule has 4 amide bonds.